The Hall–Kier alpha value is -2.66. The molecule has 1 aliphatic carbocycles. The van der Waals surface area contributed by atoms with Crippen molar-refractivity contribution in [1.82, 2.24) is 5.32 Å². The van der Waals surface area contributed by atoms with E-state index in [1.807, 2.05) is 18.2 Å². The van der Waals surface area contributed by atoms with Crippen LogP contribution in [0.2, 0.25) is 0 Å². The van der Waals surface area contributed by atoms with Crippen LogP contribution in [-0.4, -0.2) is 31.6 Å². The van der Waals surface area contributed by atoms with Crippen LogP contribution in [0.1, 0.15) is 41.1 Å². The number of rotatable bonds is 4. The summed E-state index contributed by atoms with van der Waals surface area (Å²) in [5, 5.41) is 3.21. The van der Waals surface area contributed by atoms with Crippen molar-refractivity contribution in [2.75, 3.05) is 13.7 Å². The monoisotopic (exact) mass is 379 g/mol. The highest BCUT2D eigenvalue weighted by atomic mass is 16.5. The second-order valence-electron chi connectivity index (χ2n) is 7.77. The van der Waals surface area contributed by atoms with Gasteiger partial charge in [0.2, 0.25) is 0 Å². The van der Waals surface area contributed by atoms with Crippen LogP contribution < -0.4 is 10.2 Å². The van der Waals surface area contributed by atoms with Gasteiger partial charge in [0.15, 0.2) is 12.6 Å². The van der Waals surface area contributed by atoms with E-state index in [2.05, 4.69) is 35.6 Å². The van der Waals surface area contributed by atoms with Crippen LogP contribution in [0.15, 0.2) is 48.5 Å². The van der Waals surface area contributed by atoms with Crippen LogP contribution in [0.4, 0.5) is 0 Å². The van der Waals surface area contributed by atoms with Crippen LogP contribution in [0, 0.1) is 0 Å². The van der Waals surface area contributed by atoms with Gasteiger partial charge in [0.1, 0.15) is 6.54 Å². The third kappa shape index (κ3) is 3.80. The number of ether oxygens (including phenoxy) is 1. The molecule has 5 heteroatoms. The molecule has 5 nitrogen and oxygen atoms in total. The summed E-state index contributed by atoms with van der Waals surface area (Å²) < 4.78 is 5.02. The molecule has 4 rings (SSSR count). The zero-order valence-corrected chi connectivity index (χ0v) is 16.2. The molecule has 1 amide bonds. The standard InChI is InChI=1S/C23H26N2O3/c1-28-23(27)21-13-17-8-2-3-9-18(17)14-25(21)15-22(26)24-20-12-6-10-16-7-4-5-11-19(16)20/h2-5,7-9,11,20-21H,6,10,12-15H2,1H3,(H,24,26)/p+1/t20-,21+/m1/s1. The third-order valence-corrected chi connectivity index (χ3v) is 6.03. The summed E-state index contributed by atoms with van der Waals surface area (Å²) in [6.45, 7) is 0.928. The highest BCUT2D eigenvalue weighted by Crippen LogP contribution is 2.29. The zero-order valence-electron chi connectivity index (χ0n) is 16.2. The third-order valence-electron chi connectivity index (χ3n) is 6.03. The lowest BCUT2D eigenvalue weighted by Gasteiger charge is -2.32. The van der Waals surface area contributed by atoms with E-state index in [0.717, 1.165) is 24.2 Å². The summed E-state index contributed by atoms with van der Waals surface area (Å²) in [7, 11) is 1.42. The average Bonchev–Trinajstić information content (AvgIpc) is 2.73. The Balaban J connectivity index is 1.48. The van der Waals surface area contributed by atoms with Gasteiger partial charge in [0.25, 0.3) is 5.91 Å². The highest BCUT2D eigenvalue weighted by Gasteiger charge is 2.37. The Bertz CT molecular complexity index is 880. The fraction of sp³-hybridized carbons (Fsp3) is 0.391. The molecule has 2 aromatic rings. The number of aryl methyl sites for hydroxylation is 1. The van der Waals surface area contributed by atoms with Crippen molar-refractivity contribution in [3.63, 3.8) is 0 Å². The number of carbonyl (C=O) groups excluding carboxylic acids is 2. The van der Waals surface area contributed by atoms with E-state index in [0.29, 0.717) is 13.0 Å². The number of methoxy groups -OCH3 is 1. The maximum Gasteiger partial charge on any atom is 0.365 e. The van der Waals surface area contributed by atoms with Crippen LogP contribution in [0.5, 0.6) is 0 Å². The van der Waals surface area contributed by atoms with Gasteiger partial charge in [0, 0.05) is 12.0 Å². The number of nitrogens with one attached hydrogen (secondary N) is 2. The molecule has 0 aromatic heterocycles. The van der Waals surface area contributed by atoms with Gasteiger partial charge in [-0.1, -0.05) is 48.5 Å². The van der Waals surface area contributed by atoms with E-state index in [9.17, 15) is 9.59 Å². The van der Waals surface area contributed by atoms with Crippen LogP contribution in [0.3, 0.4) is 0 Å². The van der Waals surface area contributed by atoms with Gasteiger partial charge in [-0.3, -0.25) is 4.79 Å². The van der Waals surface area contributed by atoms with Gasteiger partial charge in [0.05, 0.1) is 13.2 Å². The average molecular weight is 379 g/mol. The maximum absolute atomic E-state index is 12.9. The van der Waals surface area contributed by atoms with Crippen molar-refractivity contribution >= 4 is 11.9 Å². The summed E-state index contributed by atoms with van der Waals surface area (Å²) in [5.74, 6) is -0.259. The van der Waals surface area contributed by atoms with E-state index in [4.69, 9.17) is 4.74 Å². The summed E-state index contributed by atoms with van der Waals surface area (Å²) in [6.07, 6.45) is 3.72. The molecule has 0 radical (unpaired) electrons. The van der Waals surface area contributed by atoms with Crippen LogP contribution in [-0.2, 0) is 33.7 Å². The van der Waals surface area contributed by atoms with Crippen molar-refractivity contribution in [2.45, 2.75) is 44.3 Å². The zero-order chi connectivity index (χ0) is 19.5. The number of amides is 1. The first-order valence-electron chi connectivity index (χ1n) is 10.0. The van der Waals surface area contributed by atoms with Crippen LogP contribution in [0.25, 0.3) is 0 Å². The van der Waals surface area contributed by atoms with Gasteiger partial charge in [-0.2, -0.15) is 0 Å². The molecule has 3 atom stereocenters. The molecular formula is C23H27N2O3+. The smallest absolute Gasteiger partial charge is 0.365 e. The van der Waals surface area contributed by atoms with E-state index >= 15 is 0 Å². The molecule has 0 fully saturated rings. The maximum atomic E-state index is 12.9. The van der Waals surface area contributed by atoms with Gasteiger partial charge in [-0.05, 0) is 36.0 Å². The van der Waals surface area contributed by atoms with Gasteiger partial charge in [-0.15, -0.1) is 0 Å². The Labute approximate surface area is 165 Å². The number of hydrogen-bond acceptors (Lipinski definition) is 3. The van der Waals surface area contributed by atoms with Gasteiger partial charge < -0.3 is 15.0 Å². The summed E-state index contributed by atoms with van der Waals surface area (Å²) in [5.41, 5.74) is 4.92. The van der Waals surface area contributed by atoms with E-state index in [1.165, 1.54) is 29.4 Å². The summed E-state index contributed by atoms with van der Waals surface area (Å²) in [6, 6.07) is 16.2. The fourth-order valence-electron chi connectivity index (χ4n) is 4.59. The van der Waals surface area contributed by atoms with Crippen molar-refractivity contribution in [3.05, 3.63) is 70.8 Å². The molecule has 0 saturated heterocycles. The van der Waals surface area contributed by atoms with E-state index < -0.39 is 0 Å². The Morgan fingerprint density at radius 1 is 1.07 bits per heavy atom. The molecule has 0 saturated carbocycles. The summed E-state index contributed by atoms with van der Waals surface area (Å²) in [4.78, 5) is 26.2. The first kappa shape index (κ1) is 18.7. The minimum absolute atomic E-state index is 0.00927. The van der Waals surface area contributed by atoms with Crippen molar-refractivity contribution in [3.8, 4) is 0 Å². The Morgan fingerprint density at radius 3 is 2.57 bits per heavy atom. The number of fused-ring (bicyclic) bond motifs is 2. The Kier molecular flexibility index (Phi) is 5.44. The van der Waals surface area contributed by atoms with Crippen molar-refractivity contribution < 1.29 is 19.2 Å². The van der Waals surface area contributed by atoms with Crippen LogP contribution >= 0.6 is 0 Å². The molecule has 0 spiro atoms. The molecule has 1 heterocycles. The van der Waals surface area contributed by atoms with E-state index in [1.54, 1.807) is 0 Å². The second kappa shape index (κ2) is 8.15. The lowest BCUT2D eigenvalue weighted by Crippen LogP contribution is -3.17. The van der Waals surface area contributed by atoms with Crippen molar-refractivity contribution in [1.29, 1.82) is 0 Å². The molecule has 1 unspecified atom stereocenters. The quantitative estimate of drug-likeness (QED) is 0.789. The normalized spacial score (nSPS) is 23.2. The molecule has 28 heavy (non-hydrogen) atoms. The van der Waals surface area contributed by atoms with Gasteiger partial charge >= 0.3 is 5.97 Å². The number of esters is 1. The molecule has 0 bridgehead atoms. The second-order valence-corrected chi connectivity index (χ2v) is 7.77. The largest absolute Gasteiger partial charge is 0.465 e. The minimum Gasteiger partial charge on any atom is -0.465 e. The minimum atomic E-state index is -0.343. The highest BCUT2D eigenvalue weighted by molar-refractivity contribution is 5.79. The Morgan fingerprint density at radius 2 is 1.79 bits per heavy atom. The van der Waals surface area contributed by atoms with E-state index in [-0.39, 0.29) is 30.5 Å². The molecule has 146 valence electrons. The molecular weight excluding hydrogens is 352 g/mol. The topological polar surface area (TPSA) is 59.8 Å². The number of hydrogen-bond donors (Lipinski definition) is 2. The number of quaternary nitrogens is 1. The molecule has 1 aliphatic heterocycles. The first-order chi connectivity index (χ1) is 13.7. The molecule has 2 aromatic carbocycles. The molecule has 2 N–H and O–H groups in total. The lowest BCUT2D eigenvalue weighted by atomic mass is 9.87. The number of carbonyl (C=O) groups is 2. The molecule has 2 aliphatic rings. The predicted octanol–water partition coefficient (Wildman–Crippen LogP) is 1.36. The first-order valence-corrected chi connectivity index (χ1v) is 10.0. The fourth-order valence-corrected chi connectivity index (χ4v) is 4.59. The number of benzene rings is 2. The summed E-state index contributed by atoms with van der Waals surface area (Å²) >= 11 is 0. The predicted molar refractivity (Wildman–Crippen MR) is 106 cm³/mol. The lowest BCUT2D eigenvalue weighted by molar-refractivity contribution is -0.924. The van der Waals surface area contributed by atoms with Crippen molar-refractivity contribution in [2.24, 2.45) is 0 Å². The SMILES string of the molecule is COC(=O)[C@@H]1Cc2ccccc2C[NH+]1CC(=O)N[C@@H]1CCCc2ccccc21. The van der Waals surface area contributed by atoms with Gasteiger partial charge in [-0.25, -0.2) is 4.79 Å².